The number of aromatic nitrogens is 1. The normalized spacial score (nSPS) is 12.1. The first-order valence-electron chi connectivity index (χ1n) is 5.35. The summed E-state index contributed by atoms with van der Waals surface area (Å²) in [7, 11) is 1.50. The average Bonchev–Trinajstić information content (AvgIpc) is 2.28. The molecule has 0 aliphatic heterocycles. The fourth-order valence-corrected chi connectivity index (χ4v) is 1.38. The molecule has 100 valence electrons. The monoisotopic (exact) mass is 256 g/mol. The van der Waals surface area contributed by atoms with Gasteiger partial charge in [-0.05, 0) is 6.42 Å². The highest BCUT2D eigenvalue weighted by molar-refractivity contribution is 5.52. The van der Waals surface area contributed by atoms with Gasteiger partial charge in [0.1, 0.15) is 11.6 Å². The summed E-state index contributed by atoms with van der Waals surface area (Å²) in [6, 6.07) is 2.48. The van der Waals surface area contributed by atoms with Gasteiger partial charge in [-0.1, -0.05) is 0 Å². The van der Waals surface area contributed by atoms with Gasteiger partial charge in [-0.25, -0.2) is 4.98 Å². The van der Waals surface area contributed by atoms with Crippen LogP contribution in [0, 0.1) is 10.1 Å². The van der Waals surface area contributed by atoms with Gasteiger partial charge < -0.3 is 20.9 Å². The summed E-state index contributed by atoms with van der Waals surface area (Å²) in [6.45, 7) is 0.657. The molecule has 0 radical (unpaired) electrons. The number of ether oxygens (including phenoxy) is 1. The summed E-state index contributed by atoms with van der Waals surface area (Å²) in [5.74, 6) is 0.385. The summed E-state index contributed by atoms with van der Waals surface area (Å²) >= 11 is 0. The fourth-order valence-electron chi connectivity index (χ4n) is 1.38. The summed E-state index contributed by atoms with van der Waals surface area (Å²) in [4.78, 5) is 14.0. The van der Waals surface area contributed by atoms with E-state index in [4.69, 9.17) is 10.5 Å². The van der Waals surface area contributed by atoms with Gasteiger partial charge >= 0.3 is 0 Å². The van der Waals surface area contributed by atoms with Crippen molar-refractivity contribution in [2.45, 2.75) is 12.5 Å². The molecule has 4 N–H and O–H groups in total. The number of aliphatic hydroxyl groups excluding tert-OH is 1. The zero-order chi connectivity index (χ0) is 13.5. The molecule has 0 fully saturated rings. The minimum absolute atomic E-state index is 0.0733. The van der Waals surface area contributed by atoms with Crippen molar-refractivity contribution in [3.8, 4) is 0 Å². The SMILES string of the molecule is COCC(O)CCNc1cc([N+](=O)[O-])cc(N)n1. The molecule has 0 aromatic carbocycles. The number of aliphatic hydroxyl groups is 1. The summed E-state index contributed by atoms with van der Waals surface area (Å²) in [6.07, 6.45) is -0.142. The lowest BCUT2D eigenvalue weighted by molar-refractivity contribution is -0.384. The minimum atomic E-state index is -0.585. The van der Waals surface area contributed by atoms with E-state index in [1.54, 1.807) is 0 Å². The van der Waals surface area contributed by atoms with Gasteiger partial charge in [0, 0.05) is 13.7 Å². The molecular formula is C10H16N4O4. The summed E-state index contributed by atoms with van der Waals surface area (Å²) < 4.78 is 4.77. The number of methoxy groups -OCH3 is 1. The Hall–Kier alpha value is -1.93. The van der Waals surface area contributed by atoms with Crippen LogP contribution in [0.3, 0.4) is 0 Å². The molecule has 0 amide bonds. The van der Waals surface area contributed by atoms with Gasteiger partial charge in [0.05, 0.1) is 29.8 Å². The zero-order valence-electron chi connectivity index (χ0n) is 10.00. The number of hydrogen-bond acceptors (Lipinski definition) is 7. The number of pyridine rings is 1. The predicted molar refractivity (Wildman–Crippen MR) is 66.3 cm³/mol. The Balaban J connectivity index is 2.54. The Morgan fingerprint density at radius 1 is 1.67 bits per heavy atom. The smallest absolute Gasteiger partial charge is 0.276 e. The topological polar surface area (TPSA) is 124 Å². The van der Waals surface area contributed by atoms with Crippen LogP contribution >= 0.6 is 0 Å². The third-order valence-corrected chi connectivity index (χ3v) is 2.18. The van der Waals surface area contributed by atoms with E-state index in [1.165, 1.54) is 19.2 Å². The van der Waals surface area contributed by atoms with Crippen LogP contribution in [0.4, 0.5) is 17.3 Å². The van der Waals surface area contributed by atoms with Crippen LogP contribution in [-0.4, -0.2) is 41.4 Å². The molecular weight excluding hydrogens is 240 g/mol. The molecule has 0 aliphatic carbocycles. The maximum absolute atomic E-state index is 10.6. The molecule has 1 unspecified atom stereocenters. The van der Waals surface area contributed by atoms with Crippen LogP contribution in [0.1, 0.15) is 6.42 Å². The maximum atomic E-state index is 10.6. The zero-order valence-corrected chi connectivity index (χ0v) is 10.00. The molecule has 0 aliphatic rings. The number of nitrogen functional groups attached to an aromatic ring is 1. The van der Waals surface area contributed by atoms with Crippen molar-refractivity contribution in [3.63, 3.8) is 0 Å². The first-order valence-corrected chi connectivity index (χ1v) is 5.35. The maximum Gasteiger partial charge on any atom is 0.276 e. The molecule has 1 rings (SSSR count). The van der Waals surface area contributed by atoms with Crippen molar-refractivity contribution in [1.82, 2.24) is 4.98 Å². The molecule has 1 aromatic heterocycles. The van der Waals surface area contributed by atoms with E-state index in [2.05, 4.69) is 10.3 Å². The van der Waals surface area contributed by atoms with Gasteiger partial charge in [0.2, 0.25) is 0 Å². The number of anilines is 2. The quantitative estimate of drug-likeness (QED) is 0.476. The Morgan fingerprint density at radius 3 is 3.00 bits per heavy atom. The molecule has 0 saturated heterocycles. The van der Waals surface area contributed by atoms with E-state index in [1.807, 2.05) is 0 Å². The second-order valence-corrected chi connectivity index (χ2v) is 3.72. The number of rotatable bonds is 7. The second-order valence-electron chi connectivity index (χ2n) is 3.72. The van der Waals surface area contributed by atoms with E-state index >= 15 is 0 Å². The number of nitro groups is 1. The van der Waals surface area contributed by atoms with Gasteiger partial charge in [-0.3, -0.25) is 10.1 Å². The van der Waals surface area contributed by atoms with E-state index in [0.717, 1.165) is 0 Å². The molecule has 18 heavy (non-hydrogen) atoms. The number of nitrogens with two attached hydrogens (primary N) is 1. The predicted octanol–water partition coefficient (Wildman–Crippen LogP) is 0.381. The Labute approximate surface area is 104 Å². The van der Waals surface area contributed by atoms with Crippen molar-refractivity contribution in [2.24, 2.45) is 0 Å². The highest BCUT2D eigenvalue weighted by atomic mass is 16.6. The van der Waals surface area contributed by atoms with Crippen LogP contribution in [-0.2, 0) is 4.74 Å². The van der Waals surface area contributed by atoms with E-state index in [-0.39, 0.29) is 18.1 Å². The van der Waals surface area contributed by atoms with Crippen LogP contribution in [0.15, 0.2) is 12.1 Å². The summed E-state index contributed by atoms with van der Waals surface area (Å²) in [5.41, 5.74) is 5.33. The van der Waals surface area contributed by atoms with Crippen molar-refractivity contribution in [2.75, 3.05) is 31.3 Å². The molecule has 1 aromatic rings. The third-order valence-electron chi connectivity index (χ3n) is 2.18. The van der Waals surface area contributed by atoms with Crippen LogP contribution in [0.2, 0.25) is 0 Å². The van der Waals surface area contributed by atoms with Gasteiger partial charge in [0.15, 0.2) is 0 Å². The molecule has 0 saturated carbocycles. The average molecular weight is 256 g/mol. The fraction of sp³-hybridized carbons (Fsp3) is 0.500. The Bertz CT molecular complexity index is 413. The van der Waals surface area contributed by atoms with Gasteiger partial charge in [0.25, 0.3) is 5.69 Å². The first kappa shape index (κ1) is 14.1. The lowest BCUT2D eigenvalue weighted by Crippen LogP contribution is -2.18. The van der Waals surface area contributed by atoms with Crippen molar-refractivity contribution in [1.29, 1.82) is 0 Å². The van der Waals surface area contributed by atoms with Crippen molar-refractivity contribution < 1.29 is 14.8 Å². The van der Waals surface area contributed by atoms with E-state index in [9.17, 15) is 15.2 Å². The number of hydrogen-bond donors (Lipinski definition) is 3. The lowest BCUT2D eigenvalue weighted by atomic mass is 10.2. The second kappa shape index (κ2) is 6.72. The Kier molecular flexibility index (Phi) is 5.28. The molecule has 0 bridgehead atoms. The van der Waals surface area contributed by atoms with Crippen molar-refractivity contribution in [3.05, 3.63) is 22.2 Å². The van der Waals surface area contributed by atoms with Crippen LogP contribution < -0.4 is 11.1 Å². The molecule has 8 nitrogen and oxygen atoms in total. The van der Waals surface area contributed by atoms with Gasteiger partial charge in [-0.15, -0.1) is 0 Å². The molecule has 8 heteroatoms. The first-order chi connectivity index (χ1) is 8.52. The lowest BCUT2D eigenvalue weighted by Gasteiger charge is -2.10. The highest BCUT2D eigenvalue weighted by Gasteiger charge is 2.10. The largest absolute Gasteiger partial charge is 0.391 e. The minimum Gasteiger partial charge on any atom is -0.391 e. The van der Waals surface area contributed by atoms with E-state index < -0.39 is 11.0 Å². The molecule has 1 atom stereocenters. The molecule has 0 spiro atoms. The Morgan fingerprint density at radius 2 is 2.39 bits per heavy atom. The highest BCUT2D eigenvalue weighted by Crippen LogP contribution is 2.18. The van der Waals surface area contributed by atoms with Crippen LogP contribution in [0.5, 0.6) is 0 Å². The molecule has 1 heterocycles. The number of nitrogens with one attached hydrogen (secondary N) is 1. The van der Waals surface area contributed by atoms with Crippen molar-refractivity contribution >= 4 is 17.3 Å². The summed E-state index contributed by atoms with van der Waals surface area (Å²) in [5, 5.41) is 22.9. The standard InChI is InChI=1S/C10H16N4O4/c1-18-6-8(15)2-3-12-10-5-7(14(16)17)4-9(11)13-10/h4-5,8,15H,2-3,6H2,1H3,(H3,11,12,13). The van der Waals surface area contributed by atoms with E-state index in [0.29, 0.717) is 18.8 Å². The third kappa shape index (κ3) is 4.52. The van der Waals surface area contributed by atoms with Gasteiger partial charge in [-0.2, -0.15) is 0 Å². The number of nitrogens with zero attached hydrogens (tertiary/aromatic N) is 2. The van der Waals surface area contributed by atoms with Crippen LogP contribution in [0.25, 0.3) is 0 Å².